The molecule has 0 aromatic carbocycles. The minimum Gasteiger partial charge on any atom is -0.302 e. The first-order valence-electron chi connectivity index (χ1n) is 10.0. The van der Waals surface area contributed by atoms with Gasteiger partial charge in [-0.1, -0.05) is 24.7 Å². The Hall–Kier alpha value is -2.87. The van der Waals surface area contributed by atoms with E-state index in [1.54, 1.807) is 10.8 Å². The molecule has 1 amide bonds. The van der Waals surface area contributed by atoms with E-state index in [1.165, 1.54) is 11.3 Å². The highest BCUT2D eigenvalue weighted by Crippen LogP contribution is 2.35. The molecule has 1 saturated carbocycles. The van der Waals surface area contributed by atoms with Gasteiger partial charge in [0.15, 0.2) is 10.8 Å². The molecule has 0 spiro atoms. The Morgan fingerprint density at radius 2 is 2.14 bits per heavy atom. The number of aromatic nitrogens is 5. The Bertz CT molecular complexity index is 1220. The molecule has 0 saturated heterocycles. The highest BCUT2D eigenvalue weighted by Gasteiger charge is 2.30. The van der Waals surface area contributed by atoms with Crippen LogP contribution in [0, 0.1) is 12.8 Å². The highest BCUT2D eigenvalue weighted by atomic mass is 32.1. The van der Waals surface area contributed by atoms with Gasteiger partial charge in [0.05, 0.1) is 0 Å². The fraction of sp³-hybridized carbons (Fsp3) is 0.381. The van der Waals surface area contributed by atoms with E-state index in [4.69, 9.17) is 0 Å². The van der Waals surface area contributed by atoms with Crippen LogP contribution in [-0.4, -0.2) is 30.5 Å². The van der Waals surface area contributed by atoms with E-state index < -0.39 is 0 Å². The van der Waals surface area contributed by atoms with E-state index in [9.17, 15) is 4.79 Å². The number of amides is 1. The quantitative estimate of drug-likeness (QED) is 0.513. The van der Waals surface area contributed by atoms with Gasteiger partial charge in [0, 0.05) is 28.9 Å². The van der Waals surface area contributed by atoms with E-state index in [2.05, 4.69) is 45.3 Å². The van der Waals surface area contributed by atoms with Crippen molar-refractivity contribution in [1.82, 2.24) is 24.6 Å². The van der Waals surface area contributed by atoms with Crippen molar-refractivity contribution in [3.63, 3.8) is 0 Å². The number of carbonyl (C=O) groups is 1. The van der Waals surface area contributed by atoms with Crippen molar-refractivity contribution in [2.75, 3.05) is 5.32 Å². The average Bonchev–Trinajstić information content (AvgIpc) is 3.31. The summed E-state index contributed by atoms with van der Waals surface area (Å²) in [4.78, 5) is 26.8. The maximum absolute atomic E-state index is 12.1. The van der Waals surface area contributed by atoms with Crippen LogP contribution in [0.25, 0.3) is 27.1 Å². The van der Waals surface area contributed by atoms with Crippen LogP contribution >= 0.6 is 11.3 Å². The van der Waals surface area contributed by atoms with Gasteiger partial charge in [-0.05, 0) is 50.3 Å². The number of hydrogen-bond acceptors (Lipinski definition) is 6. The Morgan fingerprint density at radius 1 is 1.28 bits per heavy atom. The zero-order valence-corrected chi connectivity index (χ0v) is 17.3. The van der Waals surface area contributed by atoms with Crippen LogP contribution in [0.4, 0.5) is 5.13 Å². The summed E-state index contributed by atoms with van der Waals surface area (Å²) in [5.74, 6) is 0.200. The average molecular weight is 407 g/mol. The van der Waals surface area contributed by atoms with Gasteiger partial charge < -0.3 is 5.32 Å². The van der Waals surface area contributed by atoms with Crippen molar-refractivity contribution in [3.05, 3.63) is 35.9 Å². The van der Waals surface area contributed by atoms with Crippen molar-refractivity contribution >= 4 is 38.4 Å². The van der Waals surface area contributed by atoms with Crippen LogP contribution in [0.15, 0.2) is 24.7 Å². The molecule has 0 bridgehead atoms. The lowest BCUT2D eigenvalue weighted by Crippen LogP contribution is -2.12. The summed E-state index contributed by atoms with van der Waals surface area (Å²) in [5, 5.41) is 7.95. The molecule has 148 valence electrons. The Kier molecular flexibility index (Phi) is 4.50. The molecule has 0 aliphatic heterocycles. The first-order chi connectivity index (χ1) is 14.1. The van der Waals surface area contributed by atoms with Gasteiger partial charge in [-0.3, -0.25) is 9.78 Å². The van der Waals surface area contributed by atoms with Gasteiger partial charge >= 0.3 is 0 Å². The van der Waals surface area contributed by atoms with Crippen LogP contribution in [0.1, 0.15) is 43.9 Å². The van der Waals surface area contributed by atoms with Crippen LogP contribution in [0.3, 0.4) is 0 Å². The number of fused-ring (bicyclic) bond motifs is 3. The monoisotopic (exact) mass is 406 g/mol. The van der Waals surface area contributed by atoms with Crippen molar-refractivity contribution in [2.45, 2.75) is 46.0 Å². The van der Waals surface area contributed by atoms with Gasteiger partial charge in [-0.15, -0.1) is 0 Å². The first-order valence-corrected chi connectivity index (χ1v) is 10.9. The summed E-state index contributed by atoms with van der Waals surface area (Å²) in [7, 11) is 0. The number of hydrogen-bond donors (Lipinski definition) is 1. The molecule has 8 heteroatoms. The molecule has 4 heterocycles. The minimum atomic E-state index is 0.0572. The summed E-state index contributed by atoms with van der Waals surface area (Å²) in [5.41, 5.74) is 5.82. The zero-order valence-electron chi connectivity index (χ0n) is 16.5. The van der Waals surface area contributed by atoms with Gasteiger partial charge in [-0.2, -0.15) is 5.10 Å². The maximum Gasteiger partial charge on any atom is 0.229 e. The lowest BCUT2D eigenvalue weighted by Gasteiger charge is -2.09. The molecule has 1 aliphatic carbocycles. The second-order valence-electron chi connectivity index (χ2n) is 7.62. The number of thiazole rings is 1. The number of rotatable bonds is 6. The summed E-state index contributed by atoms with van der Waals surface area (Å²) in [6.45, 7) is 4.29. The van der Waals surface area contributed by atoms with Crippen molar-refractivity contribution in [1.29, 1.82) is 0 Å². The molecular formula is C21H22N6OS. The van der Waals surface area contributed by atoms with Gasteiger partial charge in [0.25, 0.3) is 0 Å². The predicted molar refractivity (Wildman–Crippen MR) is 114 cm³/mol. The molecule has 0 atom stereocenters. The molecule has 7 nitrogen and oxygen atoms in total. The molecule has 4 aromatic heterocycles. The number of carbonyl (C=O) groups excluding carboxylic acids is 1. The second kappa shape index (κ2) is 7.18. The minimum absolute atomic E-state index is 0.0572. The fourth-order valence-corrected chi connectivity index (χ4v) is 4.45. The molecule has 0 radical (unpaired) electrons. The Balaban J connectivity index is 1.58. The van der Waals surface area contributed by atoms with Crippen LogP contribution in [-0.2, 0) is 11.2 Å². The molecule has 1 fully saturated rings. The van der Waals surface area contributed by atoms with Gasteiger partial charge in [0.2, 0.25) is 5.91 Å². The van der Waals surface area contributed by atoms with Crippen LogP contribution < -0.4 is 5.32 Å². The van der Waals surface area contributed by atoms with E-state index >= 15 is 0 Å². The van der Waals surface area contributed by atoms with Crippen molar-refractivity contribution in [3.8, 4) is 11.1 Å². The molecule has 0 unspecified atom stereocenters. The van der Waals surface area contributed by atoms with Crippen LogP contribution in [0.2, 0.25) is 0 Å². The fourth-order valence-electron chi connectivity index (χ4n) is 3.54. The Labute approximate surface area is 172 Å². The van der Waals surface area contributed by atoms with Gasteiger partial charge in [-0.25, -0.2) is 14.5 Å². The number of nitrogens with zero attached hydrogens (tertiary/aromatic N) is 5. The zero-order chi connectivity index (χ0) is 20.0. The smallest absolute Gasteiger partial charge is 0.229 e. The molecule has 29 heavy (non-hydrogen) atoms. The van der Waals surface area contributed by atoms with E-state index in [1.807, 2.05) is 12.3 Å². The van der Waals surface area contributed by atoms with E-state index in [0.29, 0.717) is 5.13 Å². The third-order valence-electron chi connectivity index (χ3n) is 5.32. The van der Waals surface area contributed by atoms with E-state index in [0.717, 1.165) is 70.5 Å². The Morgan fingerprint density at radius 3 is 2.90 bits per heavy atom. The molecule has 1 aliphatic rings. The topological polar surface area (TPSA) is 85.1 Å². The van der Waals surface area contributed by atoms with Crippen molar-refractivity contribution < 1.29 is 4.79 Å². The summed E-state index contributed by atoms with van der Waals surface area (Å²) in [6.07, 6.45) is 8.71. The SMILES string of the molecule is CCCCc1cc(C)c(-c2cc3nc(NC(=O)C4CC4)sc3n3ncnc23)cn1. The molecular weight excluding hydrogens is 384 g/mol. The summed E-state index contributed by atoms with van der Waals surface area (Å²) >= 11 is 1.43. The third kappa shape index (κ3) is 3.37. The maximum atomic E-state index is 12.1. The highest BCUT2D eigenvalue weighted by molar-refractivity contribution is 7.22. The number of unbranched alkanes of at least 4 members (excludes halogenated alkanes) is 1. The molecule has 4 aromatic rings. The lowest BCUT2D eigenvalue weighted by molar-refractivity contribution is -0.117. The molecule has 1 N–H and O–H groups in total. The summed E-state index contributed by atoms with van der Waals surface area (Å²) < 4.78 is 1.81. The largest absolute Gasteiger partial charge is 0.302 e. The number of pyridine rings is 2. The third-order valence-corrected chi connectivity index (χ3v) is 6.28. The van der Waals surface area contributed by atoms with Crippen LogP contribution in [0.5, 0.6) is 0 Å². The van der Waals surface area contributed by atoms with Crippen molar-refractivity contribution in [2.24, 2.45) is 5.92 Å². The predicted octanol–water partition coefficient (Wildman–Crippen LogP) is 4.40. The lowest BCUT2D eigenvalue weighted by atomic mass is 10.0. The first kappa shape index (κ1) is 18.2. The number of aryl methyl sites for hydroxylation is 2. The molecule has 5 rings (SSSR count). The summed E-state index contributed by atoms with van der Waals surface area (Å²) in [6, 6.07) is 4.18. The normalized spacial score (nSPS) is 14.0. The van der Waals surface area contributed by atoms with E-state index in [-0.39, 0.29) is 11.8 Å². The second-order valence-corrected chi connectivity index (χ2v) is 8.60. The number of anilines is 1. The van der Waals surface area contributed by atoms with Gasteiger partial charge in [0.1, 0.15) is 16.7 Å². The standard InChI is InChI=1S/C21H22N6OS/c1-3-4-5-14-8-12(2)16(10-22-14)15-9-17-20(27-18(15)23-11-24-27)29-21(25-17)26-19(28)13-6-7-13/h8-11,13H,3-7H2,1-2H3,(H,25,26,28). The number of nitrogens with one attached hydrogen (secondary N) is 1.